The van der Waals surface area contributed by atoms with Crippen molar-refractivity contribution in [3.63, 3.8) is 0 Å². The van der Waals surface area contributed by atoms with E-state index in [1.54, 1.807) is 12.1 Å². The van der Waals surface area contributed by atoms with Gasteiger partial charge in [0.1, 0.15) is 5.82 Å². The highest BCUT2D eigenvalue weighted by Gasteiger charge is 2.06. The van der Waals surface area contributed by atoms with Gasteiger partial charge in [-0.2, -0.15) is 0 Å². The Bertz CT molecular complexity index is 334. The summed E-state index contributed by atoms with van der Waals surface area (Å²) in [7, 11) is 0. The summed E-state index contributed by atoms with van der Waals surface area (Å²) in [5, 5.41) is 3.36. The molecule has 0 aliphatic heterocycles. The van der Waals surface area contributed by atoms with Crippen LogP contribution in [0.25, 0.3) is 0 Å². The van der Waals surface area contributed by atoms with Gasteiger partial charge in [0.15, 0.2) is 0 Å². The minimum Gasteiger partial charge on any atom is -0.310 e. The number of nitrogens with one attached hydrogen (secondary N) is 1. The number of benzene rings is 1. The SMILES string of the molecule is Cc1ccc(F)c(CNC(C)CC(C)C)c1. The predicted molar refractivity (Wildman–Crippen MR) is 66.9 cm³/mol. The number of halogens is 1. The summed E-state index contributed by atoms with van der Waals surface area (Å²) < 4.78 is 13.4. The van der Waals surface area contributed by atoms with Gasteiger partial charge in [0.05, 0.1) is 0 Å². The molecule has 90 valence electrons. The summed E-state index contributed by atoms with van der Waals surface area (Å²) in [4.78, 5) is 0. The van der Waals surface area contributed by atoms with Gasteiger partial charge in [0.2, 0.25) is 0 Å². The molecule has 0 aliphatic rings. The van der Waals surface area contributed by atoms with E-state index in [4.69, 9.17) is 0 Å². The number of hydrogen-bond donors (Lipinski definition) is 1. The van der Waals surface area contributed by atoms with Crippen molar-refractivity contribution in [2.24, 2.45) is 5.92 Å². The lowest BCUT2D eigenvalue weighted by atomic mass is 10.0. The molecule has 0 saturated heterocycles. The molecule has 0 spiro atoms. The van der Waals surface area contributed by atoms with Crippen molar-refractivity contribution in [2.75, 3.05) is 0 Å². The first kappa shape index (κ1) is 13.2. The third kappa shape index (κ3) is 4.31. The van der Waals surface area contributed by atoms with Crippen LogP contribution in [0.3, 0.4) is 0 Å². The second-order valence-electron chi connectivity index (χ2n) is 5.01. The van der Waals surface area contributed by atoms with Crippen molar-refractivity contribution < 1.29 is 4.39 Å². The van der Waals surface area contributed by atoms with Crippen LogP contribution >= 0.6 is 0 Å². The molecule has 1 aromatic carbocycles. The summed E-state index contributed by atoms with van der Waals surface area (Å²) in [6, 6.07) is 5.68. The second-order valence-corrected chi connectivity index (χ2v) is 5.01. The molecule has 1 nitrogen and oxygen atoms in total. The molecule has 0 fully saturated rings. The van der Waals surface area contributed by atoms with Crippen LogP contribution in [0.1, 0.15) is 38.3 Å². The quantitative estimate of drug-likeness (QED) is 0.803. The molecule has 16 heavy (non-hydrogen) atoms. The lowest BCUT2D eigenvalue weighted by Gasteiger charge is -2.16. The highest BCUT2D eigenvalue weighted by Crippen LogP contribution is 2.11. The summed E-state index contributed by atoms with van der Waals surface area (Å²) in [5.41, 5.74) is 1.87. The van der Waals surface area contributed by atoms with Gasteiger partial charge in [0, 0.05) is 18.2 Å². The van der Waals surface area contributed by atoms with Gasteiger partial charge in [0.25, 0.3) is 0 Å². The minimum absolute atomic E-state index is 0.116. The monoisotopic (exact) mass is 223 g/mol. The Morgan fingerprint density at radius 3 is 2.56 bits per heavy atom. The Labute approximate surface area is 98.1 Å². The van der Waals surface area contributed by atoms with Crippen molar-refractivity contribution in [2.45, 2.75) is 46.7 Å². The standard InChI is InChI=1S/C14H22FN/c1-10(2)7-12(4)16-9-13-8-11(3)5-6-14(13)15/h5-6,8,10,12,16H,7,9H2,1-4H3. The molecular weight excluding hydrogens is 201 g/mol. The number of hydrogen-bond acceptors (Lipinski definition) is 1. The fourth-order valence-electron chi connectivity index (χ4n) is 1.91. The van der Waals surface area contributed by atoms with Crippen LogP contribution in [-0.4, -0.2) is 6.04 Å². The summed E-state index contributed by atoms with van der Waals surface area (Å²) >= 11 is 0. The maximum Gasteiger partial charge on any atom is 0.127 e. The van der Waals surface area contributed by atoms with Gasteiger partial charge in [-0.1, -0.05) is 31.5 Å². The van der Waals surface area contributed by atoms with Crippen LogP contribution in [0, 0.1) is 18.7 Å². The highest BCUT2D eigenvalue weighted by molar-refractivity contribution is 5.23. The van der Waals surface area contributed by atoms with Gasteiger partial charge in [-0.25, -0.2) is 4.39 Å². The van der Waals surface area contributed by atoms with E-state index in [0.717, 1.165) is 17.5 Å². The number of rotatable bonds is 5. The van der Waals surface area contributed by atoms with Crippen LogP contribution in [0.4, 0.5) is 4.39 Å². The van der Waals surface area contributed by atoms with E-state index in [-0.39, 0.29) is 5.82 Å². The molecule has 0 heterocycles. The molecular formula is C14H22FN. The minimum atomic E-state index is -0.116. The van der Waals surface area contributed by atoms with Crippen LogP contribution in [0.5, 0.6) is 0 Å². The zero-order valence-corrected chi connectivity index (χ0v) is 10.7. The number of aryl methyl sites for hydroxylation is 1. The molecule has 0 amide bonds. The molecule has 1 unspecified atom stereocenters. The normalized spacial score (nSPS) is 13.1. The summed E-state index contributed by atoms with van der Waals surface area (Å²) in [5.74, 6) is 0.555. The van der Waals surface area contributed by atoms with Crippen LogP contribution in [0.15, 0.2) is 18.2 Å². The molecule has 0 saturated carbocycles. The maximum absolute atomic E-state index is 13.4. The lowest BCUT2D eigenvalue weighted by Crippen LogP contribution is -2.27. The molecule has 0 aliphatic carbocycles. The van der Waals surface area contributed by atoms with Gasteiger partial charge in [-0.15, -0.1) is 0 Å². The fourth-order valence-corrected chi connectivity index (χ4v) is 1.91. The molecule has 1 N–H and O–H groups in total. The molecule has 1 atom stereocenters. The Balaban J connectivity index is 2.51. The van der Waals surface area contributed by atoms with E-state index in [1.165, 1.54) is 0 Å². The first-order chi connectivity index (χ1) is 7.49. The van der Waals surface area contributed by atoms with E-state index in [1.807, 2.05) is 13.0 Å². The Kier molecular flexibility index (Phi) is 4.94. The topological polar surface area (TPSA) is 12.0 Å². The van der Waals surface area contributed by atoms with Gasteiger partial charge < -0.3 is 5.32 Å². The Hall–Kier alpha value is -0.890. The van der Waals surface area contributed by atoms with E-state index in [9.17, 15) is 4.39 Å². The second kappa shape index (κ2) is 6.00. The van der Waals surface area contributed by atoms with E-state index < -0.39 is 0 Å². The van der Waals surface area contributed by atoms with Gasteiger partial charge in [-0.05, 0) is 32.3 Å². The molecule has 0 aromatic heterocycles. The molecule has 1 rings (SSSR count). The highest BCUT2D eigenvalue weighted by atomic mass is 19.1. The Morgan fingerprint density at radius 2 is 1.94 bits per heavy atom. The van der Waals surface area contributed by atoms with Crippen molar-refractivity contribution in [1.82, 2.24) is 5.32 Å². The third-order valence-corrected chi connectivity index (χ3v) is 2.67. The lowest BCUT2D eigenvalue weighted by molar-refractivity contribution is 0.437. The molecule has 0 radical (unpaired) electrons. The fraction of sp³-hybridized carbons (Fsp3) is 0.571. The zero-order valence-electron chi connectivity index (χ0n) is 10.7. The predicted octanol–water partition coefficient (Wildman–Crippen LogP) is 3.66. The molecule has 1 aromatic rings. The first-order valence-electron chi connectivity index (χ1n) is 5.97. The molecule has 2 heteroatoms. The van der Waals surface area contributed by atoms with Crippen molar-refractivity contribution >= 4 is 0 Å². The average Bonchev–Trinajstić information content (AvgIpc) is 2.18. The summed E-state index contributed by atoms with van der Waals surface area (Å²) in [6.45, 7) is 9.15. The largest absolute Gasteiger partial charge is 0.310 e. The van der Waals surface area contributed by atoms with Crippen LogP contribution in [0.2, 0.25) is 0 Å². The zero-order chi connectivity index (χ0) is 12.1. The maximum atomic E-state index is 13.4. The third-order valence-electron chi connectivity index (χ3n) is 2.67. The first-order valence-corrected chi connectivity index (χ1v) is 5.97. The average molecular weight is 223 g/mol. The smallest absolute Gasteiger partial charge is 0.127 e. The van der Waals surface area contributed by atoms with E-state index >= 15 is 0 Å². The van der Waals surface area contributed by atoms with Gasteiger partial charge in [-0.3, -0.25) is 0 Å². The van der Waals surface area contributed by atoms with Crippen molar-refractivity contribution in [1.29, 1.82) is 0 Å². The van der Waals surface area contributed by atoms with Crippen molar-refractivity contribution in [3.05, 3.63) is 35.1 Å². The van der Waals surface area contributed by atoms with Crippen LogP contribution in [-0.2, 0) is 6.54 Å². The molecule has 0 bridgehead atoms. The van der Waals surface area contributed by atoms with Gasteiger partial charge >= 0.3 is 0 Å². The van der Waals surface area contributed by atoms with Crippen molar-refractivity contribution in [3.8, 4) is 0 Å². The van der Waals surface area contributed by atoms with E-state index in [2.05, 4.69) is 26.1 Å². The Morgan fingerprint density at radius 1 is 1.25 bits per heavy atom. The van der Waals surface area contributed by atoms with Crippen LogP contribution < -0.4 is 5.32 Å². The summed E-state index contributed by atoms with van der Waals surface area (Å²) in [6.07, 6.45) is 1.12. The van der Waals surface area contributed by atoms with E-state index in [0.29, 0.717) is 18.5 Å².